The second-order valence-corrected chi connectivity index (χ2v) is 7.05. The quantitative estimate of drug-likeness (QED) is 0.706. The summed E-state index contributed by atoms with van der Waals surface area (Å²) in [6, 6.07) is 9.70. The summed E-state index contributed by atoms with van der Waals surface area (Å²) in [6.07, 6.45) is 4.91. The van der Waals surface area contributed by atoms with Crippen LogP contribution in [0.5, 0.6) is 0 Å². The van der Waals surface area contributed by atoms with Gasteiger partial charge in [0.05, 0.1) is 9.09 Å². The van der Waals surface area contributed by atoms with E-state index in [1.807, 2.05) is 36.4 Å². The molecule has 1 aromatic carbocycles. The van der Waals surface area contributed by atoms with Gasteiger partial charge >= 0.3 is 0 Å². The van der Waals surface area contributed by atoms with Gasteiger partial charge < -0.3 is 0 Å². The number of carbonyl (C=O) groups is 1. The molecule has 1 aromatic rings. The van der Waals surface area contributed by atoms with Crippen LogP contribution < -0.4 is 4.90 Å². The molecule has 0 saturated heterocycles. The Kier molecular flexibility index (Phi) is 4.99. The van der Waals surface area contributed by atoms with Crippen molar-refractivity contribution in [2.24, 2.45) is 0 Å². The molecule has 0 N–H and O–H groups in total. The first-order valence-electron chi connectivity index (χ1n) is 6.30. The molecule has 19 heavy (non-hydrogen) atoms. The standard InChI is InChI=1S/C15H15Br2NO/c1-2-3-7-11-10-13(14(16)17)18(15(11)19)12-8-5-4-6-9-12/h4-6,8-10H,2-3,7H2,1H3. The fraction of sp³-hybridized carbons (Fsp3) is 0.267. The Bertz CT molecular complexity index is 530. The molecule has 1 amide bonds. The highest BCUT2D eigenvalue weighted by molar-refractivity contribution is 9.28. The number of nitrogens with zero attached hydrogens (tertiary/aromatic N) is 1. The molecular formula is C15H15Br2NO. The van der Waals surface area contributed by atoms with Gasteiger partial charge in [-0.25, -0.2) is 0 Å². The normalized spacial score (nSPS) is 14.9. The number of para-hydroxylation sites is 1. The number of hydrogen-bond donors (Lipinski definition) is 0. The number of amides is 1. The minimum atomic E-state index is 0.0750. The van der Waals surface area contributed by atoms with Gasteiger partial charge in [-0.1, -0.05) is 31.5 Å². The van der Waals surface area contributed by atoms with Crippen LogP contribution in [0.2, 0.25) is 0 Å². The van der Waals surface area contributed by atoms with Crippen molar-refractivity contribution in [3.63, 3.8) is 0 Å². The minimum Gasteiger partial charge on any atom is -0.276 e. The van der Waals surface area contributed by atoms with Crippen molar-refractivity contribution in [2.75, 3.05) is 4.90 Å². The molecule has 0 unspecified atom stereocenters. The Hall–Kier alpha value is -0.870. The van der Waals surface area contributed by atoms with Crippen LogP contribution in [0.4, 0.5) is 5.69 Å². The maximum atomic E-state index is 12.5. The summed E-state index contributed by atoms with van der Waals surface area (Å²) in [5.74, 6) is 0.0750. The number of halogens is 2. The van der Waals surface area contributed by atoms with E-state index in [9.17, 15) is 4.79 Å². The van der Waals surface area contributed by atoms with Gasteiger partial charge in [-0.2, -0.15) is 0 Å². The van der Waals surface area contributed by atoms with Gasteiger partial charge in [0.2, 0.25) is 0 Å². The van der Waals surface area contributed by atoms with Crippen LogP contribution in [0.1, 0.15) is 26.2 Å². The Morgan fingerprint density at radius 3 is 2.47 bits per heavy atom. The van der Waals surface area contributed by atoms with Gasteiger partial charge in [-0.3, -0.25) is 9.69 Å². The topological polar surface area (TPSA) is 20.3 Å². The SMILES string of the molecule is CCCCC1=CC(=C(Br)Br)N(c2ccccc2)C1=O. The number of anilines is 1. The van der Waals surface area contributed by atoms with Crippen LogP contribution in [0.3, 0.4) is 0 Å². The molecule has 0 aromatic heterocycles. The van der Waals surface area contributed by atoms with E-state index >= 15 is 0 Å². The zero-order chi connectivity index (χ0) is 13.8. The van der Waals surface area contributed by atoms with E-state index in [0.29, 0.717) is 0 Å². The van der Waals surface area contributed by atoms with Crippen molar-refractivity contribution in [1.82, 2.24) is 0 Å². The first-order valence-corrected chi connectivity index (χ1v) is 7.89. The lowest BCUT2D eigenvalue weighted by molar-refractivity contribution is -0.114. The van der Waals surface area contributed by atoms with Crippen LogP contribution in [-0.4, -0.2) is 5.91 Å². The van der Waals surface area contributed by atoms with Gasteiger partial charge in [-0.05, 0) is 62.9 Å². The van der Waals surface area contributed by atoms with Crippen molar-refractivity contribution in [3.8, 4) is 0 Å². The highest BCUT2D eigenvalue weighted by Gasteiger charge is 2.30. The van der Waals surface area contributed by atoms with Crippen LogP contribution in [-0.2, 0) is 4.79 Å². The van der Waals surface area contributed by atoms with E-state index in [4.69, 9.17) is 0 Å². The largest absolute Gasteiger partial charge is 0.276 e. The number of rotatable bonds is 4. The summed E-state index contributed by atoms with van der Waals surface area (Å²) < 4.78 is 0.795. The summed E-state index contributed by atoms with van der Waals surface area (Å²) in [5, 5.41) is 0. The molecule has 0 bridgehead atoms. The van der Waals surface area contributed by atoms with Crippen molar-refractivity contribution < 1.29 is 4.79 Å². The van der Waals surface area contributed by atoms with Gasteiger partial charge in [0, 0.05) is 11.3 Å². The zero-order valence-corrected chi connectivity index (χ0v) is 13.9. The molecule has 1 aliphatic rings. The molecule has 100 valence electrons. The van der Waals surface area contributed by atoms with Crippen molar-refractivity contribution in [2.45, 2.75) is 26.2 Å². The summed E-state index contributed by atoms with van der Waals surface area (Å²) in [7, 11) is 0. The number of benzene rings is 1. The second kappa shape index (κ2) is 6.53. The van der Waals surface area contributed by atoms with Gasteiger partial charge in [0.1, 0.15) is 0 Å². The highest BCUT2D eigenvalue weighted by Crippen LogP contribution is 2.35. The van der Waals surface area contributed by atoms with Crippen LogP contribution in [0.25, 0.3) is 0 Å². The predicted molar refractivity (Wildman–Crippen MR) is 86.4 cm³/mol. The predicted octanol–water partition coefficient (Wildman–Crippen LogP) is 5.11. The molecule has 4 heteroatoms. The van der Waals surface area contributed by atoms with E-state index in [1.54, 1.807) is 4.90 Å². The maximum Gasteiger partial charge on any atom is 0.258 e. The number of carbonyl (C=O) groups excluding carboxylic acids is 1. The lowest BCUT2D eigenvalue weighted by Crippen LogP contribution is -2.25. The van der Waals surface area contributed by atoms with E-state index < -0.39 is 0 Å². The number of hydrogen-bond acceptors (Lipinski definition) is 1. The van der Waals surface area contributed by atoms with E-state index in [-0.39, 0.29) is 5.91 Å². The molecule has 0 atom stereocenters. The van der Waals surface area contributed by atoms with Crippen molar-refractivity contribution in [3.05, 3.63) is 51.1 Å². The Morgan fingerprint density at radius 2 is 1.89 bits per heavy atom. The average molecular weight is 385 g/mol. The average Bonchev–Trinajstić information content (AvgIpc) is 2.75. The molecular weight excluding hydrogens is 370 g/mol. The summed E-state index contributed by atoms with van der Waals surface area (Å²) in [4.78, 5) is 14.2. The third-order valence-corrected chi connectivity index (χ3v) is 3.85. The number of allylic oxidation sites excluding steroid dienone is 1. The Morgan fingerprint density at radius 1 is 1.21 bits per heavy atom. The molecule has 1 aliphatic heterocycles. The van der Waals surface area contributed by atoms with E-state index in [0.717, 1.165) is 39.6 Å². The third-order valence-electron chi connectivity index (χ3n) is 3.04. The molecule has 0 radical (unpaired) electrons. The van der Waals surface area contributed by atoms with Crippen LogP contribution in [0.15, 0.2) is 51.1 Å². The second-order valence-electron chi connectivity index (χ2n) is 4.39. The van der Waals surface area contributed by atoms with Gasteiger partial charge in [0.15, 0.2) is 0 Å². The van der Waals surface area contributed by atoms with Crippen molar-refractivity contribution >= 4 is 43.5 Å². The maximum absolute atomic E-state index is 12.5. The van der Waals surface area contributed by atoms with Gasteiger partial charge in [0.25, 0.3) is 5.91 Å². The fourth-order valence-electron chi connectivity index (χ4n) is 2.06. The molecule has 1 heterocycles. The summed E-state index contributed by atoms with van der Waals surface area (Å²) in [5.41, 5.74) is 2.63. The Labute approximate surface area is 130 Å². The van der Waals surface area contributed by atoms with E-state index in [2.05, 4.69) is 38.8 Å². The lowest BCUT2D eigenvalue weighted by atomic mass is 10.1. The van der Waals surface area contributed by atoms with Crippen LogP contribution in [0, 0.1) is 0 Å². The third kappa shape index (κ3) is 3.18. The fourth-order valence-corrected chi connectivity index (χ4v) is 2.65. The van der Waals surface area contributed by atoms with Crippen LogP contribution >= 0.6 is 31.9 Å². The molecule has 0 spiro atoms. The highest BCUT2D eigenvalue weighted by atomic mass is 79.9. The Balaban J connectivity index is 2.35. The molecule has 0 aliphatic carbocycles. The molecule has 2 nitrogen and oxygen atoms in total. The number of unbranched alkanes of at least 4 members (excludes halogenated alkanes) is 1. The lowest BCUT2D eigenvalue weighted by Gasteiger charge is -2.19. The monoisotopic (exact) mass is 383 g/mol. The summed E-state index contributed by atoms with van der Waals surface area (Å²) >= 11 is 6.84. The molecule has 2 rings (SSSR count). The van der Waals surface area contributed by atoms with Gasteiger partial charge in [-0.15, -0.1) is 0 Å². The summed E-state index contributed by atoms with van der Waals surface area (Å²) in [6.45, 7) is 2.13. The first-order chi connectivity index (χ1) is 9.15. The first kappa shape index (κ1) is 14.5. The molecule has 0 fully saturated rings. The zero-order valence-electron chi connectivity index (χ0n) is 10.7. The van der Waals surface area contributed by atoms with E-state index in [1.165, 1.54) is 0 Å². The van der Waals surface area contributed by atoms with Crippen molar-refractivity contribution in [1.29, 1.82) is 0 Å². The smallest absolute Gasteiger partial charge is 0.258 e. The minimum absolute atomic E-state index is 0.0750. The molecule has 0 saturated carbocycles.